The summed E-state index contributed by atoms with van der Waals surface area (Å²) in [5.41, 5.74) is 4.84. The molecule has 1 N–H and O–H groups in total. The number of aromatic nitrogens is 1. The molecule has 0 radical (unpaired) electrons. The van der Waals surface area contributed by atoms with E-state index in [0.717, 1.165) is 43.3 Å². The van der Waals surface area contributed by atoms with Gasteiger partial charge in [0.15, 0.2) is 0 Å². The van der Waals surface area contributed by atoms with Gasteiger partial charge in [0.05, 0.1) is 5.56 Å². The summed E-state index contributed by atoms with van der Waals surface area (Å²) >= 11 is 0. The number of carbonyl (C=O) groups is 1. The van der Waals surface area contributed by atoms with Crippen LogP contribution in [0, 0.1) is 0 Å². The fraction of sp³-hybridized carbons (Fsp3) is 0.516. The Morgan fingerprint density at radius 3 is 2.19 bits per heavy atom. The average molecular weight is 487 g/mol. The van der Waals surface area contributed by atoms with Gasteiger partial charge in [0.1, 0.15) is 0 Å². The van der Waals surface area contributed by atoms with Crippen LogP contribution in [-0.2, 0) is 19.4 Å². The number of nitrogens with zero attached hydrogens (tertiary/aromatic N) is 3. The average Bonchev–Trinajstić information content (AvgIpc) is 3.10. The van der Waals surface area contributed by atoms with Gasteiger partial charge in [-0.1, -0.05) is 67.8 Å². The van der Waals surface area contributed by atoms with E-state index in [1.165, 1.54) is 88.1 Å². The first-order valence-corrected chi connectivity index (χ1v) is 14.2. The van der Waals surface area contributed by atoms with Crippen molar-refractivity contribution >= 4 is 16.8 Å². The summed E-state index contributed by atoms with van der Waals surface area (Å²) in [6.07, 6.45) is 9.56. The molecule has 1 amide bonds. The Labute approximate surface area is 216 Å². The molecule has 0 atom stereocenters. The van der Waals surface area contributed by atoms with E-state index in [1.807, 2.05) is 0 Å². The molecular weight excluding hydrogens is 444 g/mol. The second-order valence-corrected chi connectivity index (χ2v) is 10.5. The molecule has 2 aliphatic heterocycles. The van der Waals surface area contributed by atoms with E-state index in [1.54, 1.807) is 0 Å². The Morgan fingerprint density at radius 1 is 0.722 bits per heavy atom. The minimum atomic E-state index is 0.106. The van der Waals surface area contributed by atoms with Crippen LogP contribution in [-0.4, -0.2) is 66.1 Å². The van der Waals surface area contributed by atoms with Gasteiger partial charge in [0, 0.05) is 62.4 Å². The van der Waals surface area contributed by atoms with E-state index in [4.69, 9.17) is 0 Å². The quantitative estimate of drug-likeness (QED) is 0.382. The van der Waals surface area contributed by atoms with Crippen molar-refractivity contribution in [3.8, 4) is 0 Å². The molecule has 0 spiro atoms. The number of fused-ring (bicyclic) bond motifs is 3. The van der Waals surface area contributed by atoms with Gasteiger partial charge in [0.2, 0.25) is 0 Å². The van der Waals surface area contributed by atoms with Crippen molar-refractivity contribution in [1.82, 2.24) is 19.7 Å². The molecule has 5 rings (SSSR count). The van der Waals surface area contributed by atoms with Crippen LogP contribution in [0.5, 0.6) is 0 Å². The third-order valence-corrected chi connectivity index (χ3v) is 8.06. The number of para-hydroxylation sites is 1. The molecule has 1 aromatic heterocycles. The van der Waals surface area contributed by atoms with E-state index < -0.39 is 0 Å². The van der Waals surface area contributed by atoms with Crippen molar-refractivity contribution < 1.29 is 4.79 Å². The van der Waals surface area contributed by atoms with Crippen LogP contribution in [0.3, 0.4) is 0 Å². The number of benzene rings is 2. The van der Waals surface area contributed by atoms with Crippen molar-refractivity contribution in [3.63, 3.8) is 0 Å². The second kappa shape index (κ2) is 12.6. The number of aryl methyl sites for hydroxylation is 1. The van der Waals surface area contributed by atoms with Crippen molar-refractivity contribution in [2.45, 2.75) is 57.9 Å². The van der Waals surface area contributed by atoms with Crippen LogP contribution >= 0.6 is 0 Å². The van der Waals surface area contributed by atoms with Crippen LogP contribution in [0.15, 0.2) is 54.6 Å². The molecule has 5 heteroatoms. The molecule has 0 saturated carbocycles. The number of nitrogens with one attached hydrogen (secondary N) is 1. The monoisotopic (exact) mass is 486 g/mol. The zero-order valence-electron chi connectivity index (χ0n) is 21.8. The summed E-state index contributed by atoms with van der Waals surface area (Å²) in [5.74, 6) is 0.106. The standard InChI is InChI=1S/C31H42N4O/c36-31-30-27-14-7-8-15-28(27)35(29(30)16-11-18-32-31)20-10-3-1-2-9-19-33-22-24-34(25-23-33)21-17-26-12-5-4-6-13-26/h4-8,12-15H,1-3,9-11,16-25H2,(H,32,36). The zero-order valence-corrected chi connectivity index (χ0v) is 21.8. The first-order valence-electron chi connectivity index (χ1n) is 14.2. The fourth-order valence-electron chi connectivity index (χ4n) is 5.98. The van der Waals surface area contributed by atoms with Gasteiger partial charge in [-0.15, -0.1) is 0 Å². The van der Waals surface area contributed by atoms with E-state index in [0.29, 0.717) is 0 Å². The highest BCUT2D eigenvalue weighted by Gasteiger charge is 2.23. The van der Waals surface area contributed by atoms with Crippen LogP contribution < -0.4 is 5.32 Å². The highest BCUT2D eigenvalue weighted by Crippen LogP contribution is 2.29. The molecule has 3 heterocycles. The zero-order chi connectivity index (χ0) is 24.6. The summed E-state index contributed by atoms with van der Waals surface area (Å²) in [6.45, 7) is 9.08. The number of carbonyl (C=O) groups excluding carboxylic acids is 1. The van der Waals surface area contributed by atoms with Crippen LogP contribution in [0.2, 0.25) is 0 Å². The minimum absolute atomic E-state index is 0.106. The molecule has 0 bridgehead atoms. The molecule has 0 aliphatic carbocycles. The summed E-state index contributed by atoms with van der Waals surface area (Å²) < 4.78 is 2.44. The highest BCUT2D eigenvalue weighted by molar-refractivity contribution is 6.08. The lowest BCUT2D eigenvalue weighted by atomic mass is 10.1. The number of piperazine rings is 1. The third kappa shape index (κ3) is 6.19. The Morgan fingerprint density at radius 2 is 1.39 bits per heavy atom. The van der Waals surface area contributed by atoms with Crippen molar-refractivity contribution in [2.24, 2.45) is 0 Å². The topological polar surface area (TPSA) is 40.5 Å². The molecule has 2 aromatic carbocycles. The largest absolute Gasteiger partial charge is 0.352 e. The molecule has 1 fully saturated rings. The SMILES string of the molecule is O=C1NCCCc2c1c1ccccc1n2CCCCCCCN1CCN(CCc2ccccc2)CC1. The Kier molecular flexibility index (Phi) is 8.73. The molecule has 3 aromatic rings. The van der Waals surface area contributed by atoms with Crippen molar-refractivity contribution in [2.75, 3.05) is 45.8 Å². The fourth-order valence-corrected chi connectivity index (χ4v) is 5.98. The van der Waals surface area contributed by atoms with Gasteiger partial charge in [0.25, 0.3) is 5.91 Å². The van der Waals surface area contributed by atoms with Crippen LogP contribution in [0.25, 0.3) is 10.9 Å². The lowest BCUT2D eigenvalue weighted by Crippen LogP contribution is -2.47. The first-order chi connectivity index (χ1) is 17.8. The predicted octanol–water partition coefficient (Wildman–Crippen LogP) is 5.13. The minimum Gasteiger partial charge on any atom is -0.352 e. The van der Waals surface area contributed by atoms with E-state index >= 15 is 0 Å². The van der Waals surface area contributed by atoms with E-state index in [9.17, 15) is 4.79 Å². The first kappa shape index (κ1) is 25.0. The van der Waals surface area contributed by atoms with Crippen molar-refractivity contribution in [1.29, 1.82) is 0 Å². The third-order valence-electron chi connectivity index (χ3n) is 8.06. The van der Waals surface area contributed by atoms with Gasteiger partial charge in [-0.3, -0.25) is 4.79 Å². The van der Waals surface area contributed by atoms with Crippen LogP contribution in [0.1, 0.15) is 60.1 Å². The summed E-state index contributed by atoms with van der Waals surface area (Å²) in [4.78, 5) is 18.0. The predicted molar refractivity (Wildman–Crippen MR) is 149 cm³/mol. The summed E-state index contributed by atoms with van der Waals surface area (Å²) in [6, 6.07) is 19.3. The molecule has 5 nitrogen and oxygen atoms in total. The van der Waals surface area contributed by atoms with Gasteiger partial charge in [-0.2, -0.15) is 0 Å². The van der Waals surface area contributed by atoms with E-state index in [-0.39, 0.29) is 5.91 Å². The molecule has 0 unspecified atom stereocenters. The molecule has 192 valence electrons. The van der Waals surface area contributed by atoms with Gasteiger partial charge in [-0.25, -0.2) is 0 Å². The number of hydrogen-bond acceptors (Lipinski definition) is 3. The second-order valence-electron chi connectivity index (χ2n) is 10.5. The number of rotatable bonds is 11. The van der Waals surface area contributed by atoms with Crippen molar-refractivity contribution in [3.05, 3.63) is 71.4 Å². The maximum atomic E-state index is 12.7. The summed E-state index contributed by atoms with van der Waals surface area (Å²) in [7, 11) is 0. The van der Waals surface area contributed by atoms with Gasteiger partial charge in [-0.05, 0) is 50.3 Å². The lowest BCUT2D eigenvalue weighted by Gasteiger charge is -2.34. The Hall–Kier alpha value is -2.63. The maximum absolute atomic E-state index is 12.7. The number of amides is 1. The molecule has 36 heavy (non-hydrogen) atoms. The van der Waals surface area contributed by atoms with E-state index in [2.05, 4.69) is 74.3 Å². The molecule has 2 aliphatic rings. The highest BCUT2D eigenvalue weighted by atomic mass is 16.1. The number of hydrogen-bond donors (Lipinski definition) is 1. The Bertz CT molecular complexity index is 1110. The lowest BCUT2D eigenvalue weighted by molar-refractivity contribution is 0.0957. The molecule has 1 saturated heterocycles. The Balaban J connectivity index is 0.992. The smallest absolute Gasteiger partial charge is 0.253 e. The maximum Gasteiger partial charge on any atom is 0.253 e. The molecular formula is C31H42N4O. The van der Waals surface area contributed by atoms with Crippen LogP contribution in [0.4, 0.5) is 0 Å². The van der Waals surface area contributed by atoms with Gasteiger partial charge < -0.3 is 19.7 Å². The summed E-state index contributed by atoms with van der Waals surface area (Å²) in [5, 5.41) is 4.20. The van der Waals surface area contributed by atoms with Gasteiger partial charge >= 0.3 is 0 Å². The number of unbranched alkanes of at least 4 members (excludes halogenated alkanes) is 4. The normalized spacial score (nSPS) is 17.2.